The Morgan fingerprint density at radius 1 is 1.17 bits per heavy atom. The Labute approximate surface area is 250 Å². The molecule has 2 N–H and O–H groups in total. The zero-order valence-corrected chi connectivity index (χ0v) is 26.1. The molecule has 0 saturated carbocycles. The molecule has 0 spiro atoms. The van der Waals surface area contributed by atoms with Gasteiger partial charge in [-0.15, -0.1) is 0 Å². The monoisotopic (exact) mass is 603 g/mol. The summed E-state index contributed by atoms with van der Waals surface area (Å²) in [6, 6.07) is 13.9. The number of nitrogens with one attached hydrogen (secondary N) is 1. The van der Waals surface area contributed by atoms with Crippen molar-refractivity contribution in [2.75, 3.05) is 44.9 Å². The highest BCUT2D eigenvalue weighted by atomic mass is 32.2. The fraction of sp³-hybridized carbons (Fsp3) is 0.548. The van der Waals surface area contributed by atoms with Crippen LogP contribution in [0, 0.1) is 5.92 Å². The number of carbonyl (C=O) groups is 2. The van der Waals surface area contributed by atoms with E-state index in [1.54, 1.807) is 30.0 Å². The van der Waals surface area contributed by atoms with Gasteiger partial charge >= 0.3 is 0 Å². The van der Waals surface area contributed by atoms with Crippen molar-refractivity contribution in [1.82, 2.24) is 9.21 Å². The van der Waals surface area contributed by atoms with Gasteiger partial charge in [0.25, 0.3) is 5.91 Å². The van der Waals surface area contributed by atoms with Crippen LogP contribution in [0.25, 0.3) is 0 Å². The number of aliphatic hydroxyl groups excluding tert-OH is 1. The number of carbonyl (C=O) groups excluding carboxylic acids is 2. The SMILES string of the molecule is C[C@@H]1CCCCO[C@H](CN(C)S(C)(=O)=O)[C@@H](C)CN([C@H](C)CO)C(=O)c2cc(NC(=O)Cc3ccccc3)ccc2O1. The van der Waals surface area contributed by atoms with Crippen LogP contribution in [-0.2, 0) is 26.0 Å². The first kappa shape index (κ1) is 33.5. The number of rotatable bonds is 8. The molecule has 232 valence electrons. The van der Waals surface area contributed by atoms with Crippen LogP contribution in [0.2, 0.25) is 0 Å². The van der Waals surface area contributed by atoms with Crippen LogP contribution < -0.4 is 10.1 Å². The maximum Gasteiger partial charge on any atom is 0.258 e. The number of aliphatic hydroxyl groups is 1. The molecule has 0 radical (unpaired) electrons. The van der Waals surface area contributed by atoms with Crippen molar-refractivity contribution in [3.8, 4) is 5.75 Å². The minimum absolute atomic E-state index is 0.142. The van der Waals surface area contributed by atoms with Gasteiger partial charge in [-0.2, -0.15) is 0 Å². The van der Waals surface area contributed by atoms with Gasteiger partial charge in [-0.25, -0.2) is 12.7 Å². The normalized spacial score (nSPS) is 21.6. The molecule has 2 amide bonds. The molecule has 0 aromatic heterocycles. The topological polar surface area (TPSA) is 125 Å². The molecular formula is C31H45N3O7S. The highest BCUT2D eigenvalue weighted by Crippen LogP contribution is 2.28. The van der Waals surface area contributed by atoms with Gasteiger partial charge in [0, 0.05) is 38.3 Å². The van der Waals surface area contributed by atoms with E-state index in [1.807, 2.05) is 44.2 Å². The van der Waals surface area contributed by atoms with E-state index in [0.717, 1.165) is 31.1 Å². The molecule has 0 fully saturated rings. The molecule has 0 aliphatic carbocycles. The van der Waals surface area contributed by atoms with Gasteiger partial charge in [0.05, 0.1) is 43.1 Å². The second kappa shape index (κ2) is 15.5. The minimum Gasteiger partial charge on any atom is -0.490 e. The smallest absolute Gasteiger partial charge is 0.258 e. The molecule has 4 atom stereocenters. The number of anilines is 1. The fourth-order valence-corrected chi connectivity index (χ4v) is 5.26. The molecule has 0 saturated heterocycles. The highest BCUT2D eigenvalue weighted by molar-refractivity contribution is 7.88. The number of benzene rings is 2. The zero-order chi connectivity index (χ0) is 30.9. The summed E-state index contributed by atoms with van der Waals surface area (Å²) in [5, 5.41) is 13.0. The van der Waals surface area contributed by atoms with Crippen LogP contribution in [0.15, 0.2) is 48.5 Å². The number of hydrogen-bond acceptors (Lipinski definition) is 7. The maximum absolute atomic E-state index is 14.2. The van der Waals surface area contributed by atoms with Gasteiger partial charge < -0.3 is 24.8 Å². The van der Waals surface area contributed by atoms with E-state index in [4.69, 9.17) is 9.47 Å². The van der Waals surface area contributed by atoms with Crippen molar-refractivity contribution >= 4 is 27.5 Å². The van der Waals surface area contributed by atoms with Crippen molar-refractivity contribution < 1.29 is 32.6 Å². The van der Waals surface area contributed by atoms with Gasteiger partial charge in [-0.3, -0.25) is 9.59 Å². The number of ether oxygens (including phenoxy) is 2. The Bertz CT molecular complexity index is 1290. The third-order valence-electron chi connectivity index (χ3n) is 7.55. The summed E-state index contributed by atoms with van der Waals surface area (Å²) in [5.41, 5.74) is 1.60. The summed E-state index contributed by atoms with van der Waals surface area (Å²) in [6.45, 7) is 6.14. The van der Waals surface area contributed by atoms with E-state index in [-0.39, 0.29) is 55.5 Å². The van der Waals surface area contributed by atoms with Crippen molar-refractivity contribution in [1.29, 1.82) is 0 Å². The molecule has 1 aliphatic heterocycles. The lowest BCUT2D eigenvalue weighted by Gasteiger charge is -2.35. The number of fused-ring (bicyclic) bond motifs is 1. The number of hydrogen-bond donors (Lipinski definition) is 2. The number of sulfonamides is 1. The van der Waals surface area contributed by atoms with E-state index < -0.39 is 22.2 Å². The zero-order valence-electron chi connectivity index (χ0n) is 25.3. The van der Waals surface area contributed by atoms with E-state index in [9.17, 15) is 23.1 Å². The van der Waals surface area contributed by atoms with Crippen LogP contribution in [-0.4, -0.2) is 92.4 Å². The highest BCUT2D eigenvalue weighted by Gasteiger charge is 2.31. The molecular weight excluding hydrogens is 558 g/mol. The lowest BCUT2D eigenvalue weighted by atomic mass is 10.0. The fourth-order valence-electron chi connectivity index (χ4n) is 4.84. The average molecular weight is 604 g/mol. The second-order valence-electron chi connectivity index (χ2n) is 11.3. The van der Waals surface area contributed by atoms with Crippen LogP contribution in [0.4, 0.5) is 5.69 Å². The molecule has 0 bridgehead atoms. The minimum atomic E-state index is -3.43. The lowest BCUT2D eigenvalue weighted by molar-refractivity contribution is -0.115. The third kappa shape index (κ3) is 9.79. The number of nitrogens with zero attached hydrogens (tertiary/aromatic N) is 2. The summed E-state index contributed by atoms with van der Waals surface area (Å²) >= 11 is 0. The van der Waals surface area contributed by atoms with Crippen molar-refractivity contribution in [2.24, 2.45) is 5.92 Å². The van der Waals surface area contributed by atoms with Gasteiger partial charge in [0.15, 0.2) is 0 Å². The largest absolute Gasteiger partial charge is 0.490 e. The molecule has 11 heteroatoms. The molecule has 1 heterocycles. The van der Waals surface area contributed by atoms with Gasteiger partial charge in [0.2, 0.25) is 15.9 Å². The summed E-state index contributed by atoms with van der Waals surface area (Å²) in [4.78, 5) is 28.5. The lowest BCUT2D eigenvalue weighted by Crippen LogP contribution is -2.47. The van der Waals surface area contributed by atoms with Crippen LogP contribution in [0.5, 0.6) is 5.75 Å². The molecule has 0 unspecified atom stereocenters. The summed E-state index contributed by atoms with van der Waals surface area (Å²) in [6.07, 6.45) is 3.02. The first-order valence-electron chi connectivity index (χ1n) is 14.5. The Morgan fingerprint density at radius 3 is 2.55 bits per heavy atom. The Balaban J connectivity index is 1.95. The van der Waals surface area contributed by atoms with Gasteiger partial charge in [0.1, 0.15) is 5.75 Å². The third-order valence-corrected chi connectivity index (χ3v) is 8.83. The standard InChI is InChI=1S/C31H45N3O7S/c1-22-19-34(23(2)21-35)31(37)27-18-26(32-30(36)17-25-12-7-6-8-13-25)14-15-28(27)41-24(3)11-9-10-16-40-29(22)20-33(4)42(5,38)39/h6-8,12-15,18,22-24,29,35H,9-11,16-17,19-21H2,1-5H3,(H,32,36)/t22-,23+,24+,29+/m0/s1. The maximum atomic E-state index is 14.2. The van der Waals surface area contributed by atoms with Crippen molar-refractivity contribution in [2.45, 2.75) is 64.7 Å². The van der Waals surface area contributed by atoms with Gasteiger partial charge in [-0.05, 0) is 56.9 Å². The predicted molar refractivity (Wildman–Crippen MR) is 163 cm³/mol. The van der Waals surface area contributed by atoms with E-state index >= 15 is 0 Å². The van der Waals surface area contributed by atoms with E-state index in [1.165, 1.54) is 11.4 Å². The van der Waals surface area contributed by atoms with Crippen LogP contribution in [0.3, 0.4) is 0 Å². The molecule has 2 aromatic carbocycles. The Hall–Kier alpha value is -2.99. The van der Waals surface area contributed by atoms with Crippen molar-refractivity contribution in [3.63, 3.8) is 0 Å². The Morgan fingerprint density at radius 2 is 1.88 bits per heavy atom. The average Bonchev–Trinajstić information content (AvgIpc) is 2.94. The van der Waals surface area contributed by atoms with Crippen LogP contribution >= 0.6 is 0 Å². The Kier molecular flexibility index (Phi) is 12.3. The van der Waals surface area contributed by atoms with E-state index in [0.29, 0.717) is 18.0 Å². The van der Waals surface area contributed by atoms with Gasteiger partial charge in [-0.1, -0.05) is 37.3 Å². The molecule has 42 heavy (non-hydrogen) atoms. The molecule has 10 nitrogen and oxygen atoms in total. The first-order valence-corrected chi connectivity index (χ1v) is 16.3. The number of amides is 2. The summed E-state index contributed by atoms with van der Waals surface area (Å²) in [5.74, 6) is -0.435. The predicted octanol–water partition coefficient (Wildman–Crippen LogP) is 3.55. The van der Waals surface area contributed by atoms with Crippen molar-refractivity contribution in [3.05, 3.63) is 59.7 Å². The summed E-state index contributed by atoms with van der Waals surface area (Å²) in [7, 11) is -1.92. The number of likely N-dealkylation sites (N-methyl/N-ethyl adjacent to an activating group) is 1. The van der Waals surface area contributed by atoms with E-state index in [2.05, 4.69) is 5.32 Å². The summed E-state index contributed by atoms with van der Waals surface area (Å²) < 4.78 is 38.0. The quantitative estimate of drug-likeness (QED) is 0.473. The molecule has 2 aromatic rings. The van der Waals surface area contributed by atoms with Crippen LogP contribution in [0.1, 0.15) is 56.0 Å². The molecule has 1 aliphatic rings. The second-order valence-corrected chi connectivity index (χ2v) is 13.4. The first-order chi connectivity index (χ1) is 19.9. The molecule has 3 rings (SSSR count).